The van der Waals surface area contributed by atoms with E-state index in [-0.39, 0.29) is 11.5 Å². The number of H-pyrrole nitrogens is 2. The van der Waals surface area contributed by atoms with Crippen molar-refractivity contribution in [1.29, 1.82) is 0 Å². The van der Waals surface area contributed by atoms with Crippen molar-refractivity contribution in [2.24, 2.45) is 0 Å². The summed E-state index contributed by atoms with van der Waals surface area (Å²) in [6, 6.07) is 9.89. The number of nitrogens with one attached hydrogen (secondary N) is 2. The number of halogens is 3. The van der Waals surface area contributed by atoms with Crippen molar-refractivity contribution in [3.8, 4) is 0 Å². The number of hydrogen-bond acceptors (Lipinski definition) is 1. The van der Waals surface area contributed by atoms with Gasteiger partial charge in [-0.25, -0.2) is 9.18 Å². The van der Waals surface area contributed by atoms with Gasteiger partial charge in [-0.2, -0.15) is 0 Å². The minimum absolute atomic E-state index is 0.281. The summed E-state index contributed by atoms with van der Waals surface area (Å²) >= 11 is 9.66. The molecule has 0 amide bonds. The minimum atomic E-state index is -0.629. The molecule has 0 bridgehead atoms. The first-order valence-electron chi connectivity index (χ1n) is 5.85. The number of fused-ring (bicyclic) bond motifs is 1. The zero-order chi connectivity index (χ0) is 14.3. The molecule has 3 nitrogen and oxygen atoms in total. The summed E-state index contributed by atoms with van der Waals surface area (Å²) in [5.74, 6) is -0.365. The third kappa shape index (κ3) is 2.39. The molecule has 102 valence electrons. The van der Waals surface area contributed by atoms with Gasteiger partial charge in [0.2, 0.25) is 0 Å². The van der Waals surface area contributed by atoms with Gasteiger partial charge in [0, 0.05) is 10.0 Å². The highest BCUT2D eigenvalue weighted by atomic mass is 79.9. The van der Waals surface area contributed by atoms with Crippen LogP contribution in [0.1, 0.15) is 16.5 Å². The lowest BCUT2D eigenvalue weighted by atomic mass is 10.0. The van der Waals surface area contributed by atoms with Crippen molar-refractivity contribution < 1.29 is 4.39 Å². The Kier molecular flexibility index (Phi) is 3.40. The molecule has 1 heterocycles. The highest BCUT2D eigenvalue weighted by Crippen LogP contribution is 2.33. The molecule has 3 aromatic rings. The first-order chi connectivity index (χ1) is 9.54. The van der Waals surface area contributed by atoms with Crippen LogP contribution in [-0.4, -0.2) is 9.97 Å². The number of benzene rings is 2. The number of aromatic nitrogens is 2. The number of aromatic amines is 2. The summed E-state index contributed by atoms with van der Waals surface area (Å²) < 4.78 is 14.6. The summed E-state index contributed by atoms with van der Waals surface area (Å²) in [5.41, 5.74) is 2.16. The second kappa shape index (κ2) is 5.07. The first kappa shape index (κ1) is 13.4. The quantitative estimate of drug-likeness (QED) is 0.668. The van der Waals surface area contributed by atoms with Gasteiger partial charge in [0.15, 0.2) is 0 Å². The Balaban J connectivity index is 2.09. The summed E-state index contributed by atoms with van der Waals surface area (Å²) in [4.78, 5) is 16.5. The van der Waals surface area contributed by atoms with Crippen molar-refractivity contribution in [3.05, 3.63) is 68.3 Å². The van der Waals surface area contributed by atoms with Crippen molar-refractivity contribution in [3.63, 3.8) is 0 Å². The van der Waals surface area contributed by atoms with Gasteiger partial charge in [0.25, 0.3) is 0 Å². The topological polar surface area (TPSA) is 48.6 Å². The zero-order valence-corrected chi connectivity index (χ0v) is 12.4. The molecule has 6 heteroatoms. The van der Waals surface area contributed by atoms with E-state index in [4.69, 9.17) is 11.6 Å². The van der Waals surface area contributed by atoms with Crippen molar-refractivity contribution in [2.45, 2.75) is 5.38 Å². The Bertz CT molecular complexity index is 843. The molecule has 1 unspecified atom stereocenters. The van der Waals surface area contributed by atoms with Crippen molar-refractivity contribution in [2.75, 3.05) is 0 Å². The molecule has 2 aromatic carbocycles. The summed E-state index contributed by atoms with van der Waals surface area (Å²) in [6.45, 7) is 0. The van der Waals surface area contributed by atoms with Gasteiger partial charge < -0.3 is 9.97 Å². The Morgan fingerprint density at radius 3 is 2.65 bits per heavy atom. The second-order valence-electron chi connectivity index (χ2n) is 4.41. The number of rotatable bonds is 2. The average molecular weight is 356 g/mol. The normalized spacial score (nSPS) is 12.8. The largest absolute Gasteiger partial charge is 0.323 e. The average Bonchev–Trinajstić information content (AvgIpc) is 2.79. The van der Waals surface area contributed by atoms with Crippen LogP contribution < -0.4 is 5.69 Å². The van der Waals surface area contributed by atoms with E-state index in [0.29, 0.717) is 22.2 Å². The zero-order valence-electron chi connectivity index (χ0n) is 10.1. The van der Waals surface area contributed by atoms with Crippen LogP contribution in [0.15, 0.2) is 45.7 Å². The van der Waals surface area contributed by atoms with Crippen LogP contribution in [0.4, 0.5) is 4.39 Å². The minimum Gasteiger partial charge on any atom is -0.306 e. The van der Waals surface area contributed by atoms with Crippen LogP contribution >= 0.6 is 27.5 Å². The van der Waals surface area contributed by atoms with E-state index in [9.17, 15) is 9.18 Å². The fourth-order valence-corrected chi connectivity index (χ4v) is 2.78. The van der Waals surface area contributed by atoms with Gasteiger partial charge >= 0.3 is 5.69 Å². The molecule has 3 rings (SSSR count). The highest BCUT2D eigenvalue weighted by Gasteiger charge is 2.16. The van der Waals surface area contributed by atoms with Crippen molar-refractivity contribution in [1.82, 2.24) is 9.97 Å². The molecular formula is C14H9BrClFN2O. The monoisotopic (exact) mass is 354 g/mol. The molecule has 20 heavy (non-hydrogen) atoms. The molecule has 1 atom stereocenters. The van der Waals surface area contributed by atoms with E-state index in [2.05, 4.69) is 25.9 Å². The van der Waals surface area contributed by atoms with Gasteiger partial charge in [0.1, 0.15) is 5.82 Å². The summed E-state index contributed by atoms with van der Waals surface area (Å²) in [6.07, 6.45) is 0. The third-order valence-corrected chi connectivity index (χ3v) is 4.04. The number of imidazole rings is 1. The molecular weight excluding hydrogens is 347 g/mol. The van der Waals surface area contributed by atoms with E-state index in [1.807, 2.05) is 0 Å². The lowest BCUT2D eigenvalue weighted by molar-refractivity contribution is 0.612. The molecule has 0 radical (unpaired) electrons. The van der Waals surface area contributed by atoms with Crippen LogP contribution in [0.25, 0.3) is 11.0 Å². The molecule has 0 aliphatic carbocycles. The maximum absolute atomic E-state index is 13.9. The van der Waals surface area contributed by atoms with E-state index in [1.54, 1.807) is 30.3 Å². The maximum Gasteiger partial charge on any atom is 0.323 e. The first-order valence-corrected chi connectivity index (χ1v) is 7.08. The lowest BCUT2D eigenvalue weighted by Gasteiger charge is -2.12. The van der Waals surface area contributed by atoms with Crippen LogP contribution in [0.5, 0.6) is 0 Å². The smallest absolute Gasteiger partial charge is 0.306 e. The van der Waals surface area contributed by atoms with Crippen LogP contribution in [0, 0.1) is 5.82 Å². The predicted octanol–water partition coefficient (Wildman–Crippen LogP) is 4.09. The van der Waals surface area contributed by atoms with Gasteiger partial charge in [-0.1, -0.05) is 22.0 Å². The van der Waals surface area contributed by atoms with E-state index < -0.39 is 5.38 Å². The lowest BCUT2D eigenvalue weighted by Crippen LogP contribution is -1.99. The van der Waals surface area contributed by atoms with Crippen molar-refractivity contribution >= 4 is 38.6 Å². The van der Waals surface area contributed by atoms with E-state index in [1.165, 1.54) is 6.07 Å². The van der Waals surface area contributed by atoms with E-state index in [0.717, 1.165) is 4.47 Å². The molecule has 0 spiro atoms. The highest BCUT2D eigenvalue weighted by molar-refractivity contribution is 9.10. The van der Waals surface area contributed by atoms with Crippen LogP contribution in [-0.2, 0) is 0 Å². The maximum atomic E-state index is 13.9. The standard InChI is InChI=1S/C14H9BrClFN2O/c15-8-2-3-10(17)9(6-8)13(16)7-1-4-11-12(5-7)19-14(20)18-11/h1-6,13H,(H2,18,19,20). The summed E-state index contributed by atoms with van der Waals surface area (Å²) in [5, 5.41) is -0.629. The van der Waals surface area contributed by atoms with E-state index >= 15 is 0 Å². The molecule has 1 aromatic heterocycles. The molecule has 2 N–H and O–H groups in total. The fourth-order valence-electron chi connectivity index (χ4n) is 2.10. The number of hydrogen-bond donors (Lipinski definition) is 2. The molecule has 0 saturated carbocycles. The van der Waals surface area contributed by atoms with Gasteiger partial charge in [-0.3, -0.25) is 0 Å². The van der Waals surface area contributed by atoms with Crippen LogP contribution in [0.3, 0.4) is 0 Å². The molecule has 0 aliphatic heterocycles. The fraction of sp³-hybridized carbons (Fsp3) is 0.0714. The number of alkyl halides is 1. The molecule has 0 aliphatic rings. The summed E-state index contributed by atoms with van der Waals surface area (Å²) in [7, 11) is 0. The Morgan fingerprint density at radius 2 is 1.85 bits per heavy atom. The van der Waals surface area contributed by atoms with Gasteiger partial charge in [-0.05, 0) is 35.9 Å². The Hall–Kier alpha value is -1.59. The molecule has 0 fully saturated rings. The second-order valence-corrected chi connectivity index (χ2v) is 5.76. The predicted molar refractivity (Wildman–Crippen MR) is 80.7 cm³/mol. The Morgan fingerprint density at radius 1 is 1.10 bits per heavy atom. The van der Waals surface area contributed by atoms with Gasteiger partial charge in [0.05, 0.1) is 16.4 Å². The third-order valence-electron chi connectivity index (χ3n) is 3.06. The SMILES string of the molecule is O=c1[nH]c2ccc(C(Cl)c3cc(Br)ccc3F)cc2[nH]1. The molecule has 0 saturated heterocycles. The van der Waals surface area contributed by atoms with Crippen LogP contribution in [0.2, 0.25) is 0 Å². The Labute approximate surface area is 126 Å². The van der Waals surface area contributed by atoms with Gasteiger partial charge in [-0.15, -0.1) is 11.6 Å².